The minimum Gasteiger partial charge on any atom is -0.336 e. The van der Waals surface area contributed by atoms with Gasteiger partial charge in [-0.25, -0.2) is 0 Å². The average Bonchev–Trinajstić information content (AvgIpc) is 2.27. The van der Waals surface area contributed by atoms with Gasteiger partial charge in [-0.15, -0.1) is 0 Å². The highest BCUT2D eigenvalue weighted by Crippen LogP contribution is 2.35. The zero-order valence-electron chi connectivity index (χ0n) is 9.37. The van der Waals surface area contributed by atoms with Gasteiger partial charge in [-0.1, -0.05) is 13.8 Å². The van der Waals surface area contributed by atoms with E-state index in [1.54, 1.807) is 0 Å². The van der Waals surface area contributed by atoms with Crippen LogP contribution in [0.15, 0.2) is 0 Å². The second kappa shape index (κ2) is 3.61. The zero-order chi connectivity index (χ0) is 10.9. The van der Waals surface area contributed by atoms with Crippen LogP contribution in [-0.2, 0) is 4.79 Å². The number of rotatable bonds is 2. The maximum Gasteiger partial charge on any atom is 0.224 e. The molecule has 0 saturated carbocycles. The Morgan fingerprint density at radius 3 is 2.57 bits per heavy atom. The Kier molecular flexibility index (Phi) is 2.84. The van der Waals surface area contributed by atoms with Gasteiger partial charge < -0.3 is 4.90 Å². The Hall–Kier alpha value is -1.04. The van der Waals surface area contributed by atoms with Crippen LogP contribution in [0.3, 0.4) is 0 Å². The first-order valence-electron chi connectivity index (χ1n) is 5.09. The van der Waals surface area contributed by atoms with Crippen LogP contribution in [0.2, 0.25) is 0 Å². The van der Waals surface area contributed by atoms with Crippen LogP contribution in [0, 0.1) is 23.2 Å². The molecule has 0 spiro atoms. The van der Waals surface area contributed by atoms with E-state index in [2.05, 4.69) is 19.9 Å². The first-order chi connectivity index (χ1) is 6.39. The van der Waals surface area contributed by atoms with Crippen molar-refractivity contribution in [2.45, 2.75) is 39.7 Å². The lowest BCUT2D eigenvalue weighted by molar-refractivity contribution is -0.131. The standard InChI is InChI=1S/C11H18N2O/c1-8(2)7-13-10(14)5-9(6-12)11(13,3)4/h8-9H,5,7H2,1-4H3. The van der Waals surface area contributed by atoms with E-state index in [0.717, 1.165) is 6.54 Å². The fourth-order valence-corrected chi connectivity index (χ4v) is 1.95. The number of nitrogens with zero attached hydrogens (tertiary/aromatic N) is 2. The van der Waals surface area contributed by atoms with Crippen molar-refractivity contribution in [2.75, 3.05) is 6.54 Å². The smallest absolute Gasteiger partial charge is 0.224 e. The maximum atomic E-state index is 11.7. The van der Waals surface area contributed by atoms with Crippen molar-refractivity contribution in [3.63, 3.8) is 0 Å². The molecule has 14 heavy (non-hydrogen) atoms. The van der Waals surface area contributed by atoms with Gasteiger partial charge in [0.25, 0.3) is 0 Å². The molecular formula is C11H18N2O. The van der Waals surface area contributed by atoms with Crippen LogP contribution >= 0.6 is 0 Å². The van der Waals surface area contributed by atoms with E-state index in [9.17, 15) is 4.79 Å². The number of carbonyl (C=O) groups is 1. The Morgan fingerprint density at radius 2 is 2.21 bits per heavy atom. The number of hydrogen-bond donors (Lipinski definition) is 0. The maximum absolute atomic E-state index is 11.7. The van der Waals surface area contributed by atoms with Crippen LogP contribution in [0.1, 0.15) is 34.1 Å². The molecule has 0 aromatic carbocycles. The zero-order valence-corrected chi connectivity index (χ0v) is 9.37. The molecule has 1 unspecified atom stereocenters. The molecule has 0 aliphatic carbocycles. The van der Waals surface area contributed by atoms with Gasteiger partial charge in [0.1, 0.15) is 0 Å². The Balaban J connectivity index is 2.85. The monoisotopic (exact) mass is 194 g/mol. The van der Waals surface area contributed by atoms with Gasteiger partial charge in [0.05, 0.1) is 17.5 Å². The van der Waals surface area contributed by atoms with E-state index in [1.165, 1.54) is 0 Å². The molecule has 0 aromatic heterocycles. The normalized spacial score (nSPS) is 25.6. The summed E-state index contributed by atoms with van der Waals surface area (Å²) in [5, 5.41) is 8.94. The second-order valence-corrected chi connectivity index (χ2v) is 4.94. The SMILES string of the molecule is CC(C)CN1C(=O)CC(C#N)C1(C)C. The lowest BCUT2D eigenvalue weighted by Crippen LogP contribution is -2.45. The van der Waals surface area contributed by atoms with E-state index in [4.69, 9.17) is 5.26 Å². The molecule has 1 amide bonds. The van der Waals surface area contributed by atoms with Gasteiger partial charge in [0, 0.05) is 13.0 Å². The van der Waals surface area contributed by atoms with Gasteiger partial charge >= 0.3 is 0 Å². The molecule has 0 aromatic rings. The van der Waals surface area contributed by atoms with Crippen LogP contribution in [0.5, 0.6) is 0 Å². The van der Waals surface area contributed by atoms with Gasteiger partial charge in [-0.3, -0.25) is 4.79 Å². The predicted molar refractivity (Wildman–Crippen MR) is 54.4 cm³/mol. The predicted octanol–water partition coefficient (Wildman–Crippen LogP) is 1.79. The first kappa shape index (κ1) is 11.0. The van der Waals surface area contributed by atoms with Crippen molar-refractivity contribution < 1.29 is 4.79 Å². The minimum atomic E-state index is -0.296. The highest BCUT2D eigenvalue weighted by molar-refractivity contribution is 5.80. The molecule has 1 rings (SSSR count). The van der Waals surface area contributed by atoms with Crippen molar-refractivity contribution in [1.82, 2.24) is 4.90 Å². The molecule has 1 saturated heterocycles. The minimum absolute atomic E-state index is 0.121. The van der Waals surface area contributed by atoms with Crippen molar-refractivity contribution in [3.8, 4) is 6.07 Å². The first-order valence-corrected chi connectivity index (χ1v) is 5.09. The van der Waals surface area contributed by atoms with Crippen molar-refractivity contribution in [1.29, 1.82) is 5.26 Å². The summed E-state index contributed by atoms with van der Waals surface area (Å²) in [6.07, 6.45) is 0.385. The lowest BCUT2D eigenvalue weighted by atomic mass is 9.89. The van der Waals surface area contributed by atoms with E-state index >= 15 is 0 Å². The highest BCUT2D eigenvalue weighted by atomic mass is 16.2. The summed E-state index contributed by atoms with van der Waals surface area (Å²) in [5.74, 6) is 0.416. The molecule has 1 aliphatic rings. The fraction of sp³-hybridized carbons (Fsp3) is 0.818. The molecule has 3 nitrogen and oxygen atoms in total. The van der Waals surface area contributed by atoms with E-state index in [0.29, 0.717) is 12.3 Å². The summed E-state index contributed by atoms with van der Waals surface area (Å²) < 4.78 is 0. The number of carbonyl (C=O) groups excluding carboxylic acids is 1. The number of amides is 1. The van der Waals surface area contributed by atoms with E-state index < -0.39 is 0 Å². The Morgan fingerprint density at radius 1 is 1.64 bits per heavy atom. The van der Waals surface area contributed by atoms with Crippen LogP contribution < -0.4 is 0 Å². The molecule has 78 valence electrons. The Bertz CT molecular complexity index is 276. The molecule has 0 radical (unpaired) electrons. The fourth-order valence-electron chi connectivity index (χ4n) is 1.95. The van der Waals surface area contributed by atoms with E-state index in [-0.39, 0.29) is 17.4 Å². The summed E-state index contributed by atoms with van der Waals surface area (Å²) in [6.45, 7) is 8.89. The number of hydrogen-bond acceptors (Lipinski definition) is 2. The third-order valence-electron chi connectivity index (χ3n) is 2.93. The summed E-state index contributed by atoms with van der Waals surface area (Å²) in [4.78, 5) is 13.5. The van der Waals surface area contributed by atoms with Crippen molar-refractivity contribution in [3.05, 3.63) is 0 Å². The molecule has 1 heterocycles. The largest absolute Gasteiger partial charge is 0.336 e. The van der Waals surface area contributed by atoms with Crippen LogP contribution in [0.4, 0.5) is 0 Å². The third-order valence-corrected chi connectivity index (χ3v) is 2.93. The molecule has 0 N–H and O–H groups in total. The van der Waals surface area contributed by atoms with Gasteiger partial charge in [-0.2, -0.15) is 5.26 Å². The molecule has 0 bridgehead atoms. The van der Waals surface area contributed by atoms with Gasteiger partial charge in [0.2, 0.25) is 5.91 Å². The van der Waals surface area contributed by atoms with Gasteiger partial charge in [-0.05, 0) is 19.8 Å². The summed E-state index contributed by atoms with van der Waals surface area (Å²) in [5.41, 5.74) is -0.296. The van der Waals surface area contributed by atoms with Crippen molar-refractivity contribution >= 4 is 5.91 Å². The summed E-state index contributed by atoms with van der Waals surface area (Å²) >= 11 is 0. The quantitative estimate of drug-likeness (QED) is 0.672. The van der Waals surface area contributed by atoms with Gasteiger partial charge in [0.15, 0.2) is 0 Å². The van der Waals surface area contributed by atoms with E-state index in [1.807, 2.05) is 18.7 Å². The summed E-state index contributed by atoms with van der Waals surface area (Å²) in [7, 11) is 0. The van der Waals surface area contributed by atoms with Crippen LogP contribution in [0.25, 0.3) is 0 Å². The lowest BCUT2D eigenvalue weighted by Gasteiger charge is -2.34. The second-order valence-electron chi connectivity index (χ2n) is 4.94. The Labute approximate surface area is 85.7 Å². The molecule has 1 aliphatic heterocycles. The molecule has 3 heteroatoms. The topological polar surface area (TPSA) is 44.1 Å². The van der Waals surface area contributed by atoms with Crippen molar-refractivity contribution in [2.24, 2.45) is 11.8 Å². The number of likely N-dealkylation sites (tertiary alicyclic amines) is 1. The highest BCUT2D eigenvalue weighted by Gasteiger charge is 2.46. The average molecular weight is 194 g/mol. The molecular weight excluding hydrogens is 176 g/mol. The van der Waals surface area contributed by atoms with Crippen LogP contribution in [-0.4, -0.2) is 22.9 Å². The molecule has 1 fully saturated rings. The number of nitriles is 1. The third kappa shape index (κ3) is 1.75. The molecule has 1 atom stereocenters. The summed E-state index contributed by atoms with van der Waals surface area (Å²) in [6, 6.07) is 2.23.